The minimum absolute atomic E-state index is 0.0833. The zero-order valence-electron chi connectivity index (χ0n) is 14.3. The van der Waals surface area contributed by atoms with E-state index in [1.54, 1.807) is 7.11 Å². The number of nitrogens with zero attached hydrogens (tertiary/aromatic N) is 2. The first-order valence-electron chi connectivity index (χ1n) is 8.44. The maximum absolute atomic E-state index is 6.31. The standard InChI is InChI=1S/C20H22N2O2/c1-13(2)20-22-17(12-16(21-22)14-8-5-4-6-9-14)15-10-7-11-18(23-3)19(15)24-20/h4-11,13,17,20H,12H2,1-3H3. The predicted molar refractivity (Wildman–Crippen MR) is 94.4 cm³/mol. The molecule has 2 aromatic carbocycles. The minimum Gasteiger partial charge on any atom is -0.493 e. The molecular formula is C20H22N2O2. The molecule has 0 N–H and O–H groups in total. The minimum atomic E-state index is -0.0833. The van der Waals surface area contributed by atoms with Crippen LogP contribution in [0.3, 0.4) is 0 Å². The number of fused-ring (bicyclic) bond motifs is 3. The Hall–Kier alpha value is -2.49. The van der Waals surface area contributed by atoms with Gasteiger partial charge in [-0.25, -0.2) is 5.01 Å². The van der Waals surface area contributed by atoms with Gasteiger partial charge in [0.05, 0.1) is 18.9 Å². The summed E-state index contributed by atoms with van der Waals surface area (Å²) in [6.45, 7) is 4.33. The highest BCUT2D eigenvalue weighted by atomic mass is 16.5. The summed E-state index contributed by atoms with van der Waals surface area (Å²) in [4.78, 5) is 0. The van der Waals surface area contributed by atoms with Gasteiger partial charge in [-0.3, -0.25) is 0 Å². The first kappa shape index (κ1) is 15.1. The quantitative estimate of drug-likeness (QED) is 0.848. The lowest BCUT2D eigenvalue weighted by Gasteiger charge is -2.40. The average Bonchev–Trinajstić information content (AvgIpc) is 3.06. The second-order valence-electron chi connectivity index (χ2n) is 6.64. The Bertz CT molecular complexity index is 770. The highest BCUT2D eigenvalue weighted by Crippen LogP contribution is 2.47. The monoisotopic (exact) mass is 322 g/mol. The Morgan fingerprint density at radius 3 is 2.62 bits per heavy atom. The molecule has 0 fully saturated rings. The number of methoxy groups -OCH3 is 1. The molecule has 2 aliphatic rings. The lowest BCUT2D eigenvalue weighted by molar-refractivity contribution is -0.0476. The van der Waals surface area contributed by atoms with Crippen LogP contribution in [-0.4, -0.2) is 24.1 Å². The topological polar surface area (TPSA) is 34.1 Å². The summed E-state index contributed by atoms with van der Waals surface area (Å²) in [7, 11) is 1.69. The fourth-order valence-corrected chi connectivity index (χ4v) is 3.52. The Kier molecular flexibility index (Phi) is 3.68. The summed E-state index contributed by atoms with van der Waals surface area (Å²) in [5, 5.41) is 7.06. The van der Waals surface area contributed by atoms with Gasteiger partial charge in [0, 0.05) is 17.9 Å². The van der Waals surface area contributed by atoms with Crippen molar-refractivity contribution in [2.45, 2.75) is 32.5 Å². The third-order valence-corrected chi connectivity index (χ3v) is 4.71. The van der Waals surface area contributed by atoms with E-state index in [1.165, 1.54) is 5.56 Å². The first-order valence-corrected chi connectivity index (χ1v) is 8.44. The van der Waals surface area contributed by atoms with Gasteiger partial charge in [-0.05, 0) is 11.6 Å². The van der Waals surface area contributed by atoms with Crippen molar-refractivity contribution in [3.8, 4) is 11.5 Å². The Balaban J connectivity index is 1.78. The third-order valence-electron chi connectivity index (χ3n) is 4.71. The number of para-hydroxylation sites is 1. The van der Waals surface area contributed by atoms with Crippen molar-refractivity contribution >= 4 is 5.71 Å². The molecule has 0 bridgehead atoms. The largest absolute Gasteiger partial charge is 0.493 e. The molecule has 2 aromatic rings. The zero-order chi connectivity index (χ0) is 16.7. The van der Waals surface area contributed by atoms with Crippen LogP contribution in [-0.2, 0) is 0 Å². The lowest BCUT2D eigenvalue weighted by atomic mass is 9.95. The van der Waals surface area contributed by atoms with E-state index in [-0.39, 0.29) is 12.3 Å². The van der Waals surface area contributed by atoms with Gasteiger partial charge in [-0.2, -0.15) is 5.10 Å². The second-order valence-corrected chi connectivity index (χ2v) is 6.64. The van der Waals surface area contributed by atoms with E-state index in [1.807, 2.05) is 18.2 Å². The molecule has 4 nitrogen and oxygen atoms in total. The molecule has 4 heteroatoms. The molecule has 0 aliphatic carbocycles. The molecule has 0 aromatic heterocycles. The summed E-state index contributed by atoms with van der Waals surface area (Å²) in [6.07, 6.45) is 0.802. The molecule has 0 saturated heterocycles. The Labute approximate surface area is 142 Å². The van der Waals surface area contributed by atoms with Crippen molar-refractivity contribution in [2.24, 2.45) is 11.0 Å². The maximum Gasteiger partial charge on any atom is 0.190 e. The molecule has 2 unspecified atom stereocenters. The van der Waals surface area contributed by atoms with Crippen molar-refractivity contribution in [3.05, 3.63) is 59.7 Å². The van der Waals surface area contributed by atoms with Crippen LogP contribution in [0.25, 0.3) is 0 Å². The van der Waals surface area contributed by atoms with Crippen molar-refractivity contribution in [1.29, 1.82) is 0 Å². The predicted octanol–water partition coefficient (Wildman–Crippen LogP) is 4.22. The summed E-state index contributed by atoms with van der Waals surface area (Å²) in [5.41, 5.74) is 3.45. The molecule has 0 amide bonds. The van der Waals surface area contributed by atoms with Gasteiger partial charge in [-0.15, -0.1) is 0 Å². The highest BCUT2D eigenvalue weighted by Gasteiger charge is 2.42. The molecule has 0 radical (unpaired) electrons. The third kappa shape index (κ3) is 2.33. The zero-order valence-corrected chi connectivity index (χ0v) is 14.3. The second kappa shape index (κ2) is 5.86. The highest BCUT2D eigenvalue weighted by molar-refractivity contribution is 6.01. The molecule has 0 spiro atoms. The fraction of sp³-hybridized carbons (Fsp3) is 0.350. The van der Waals surface area contributed by atoms with Crippen LogP contribution >= 0.6 is 0 Å². The van der Waals surface area contributed by atoms with Gasteiger partial charge in [0.25, 0.3) is 0 Å². The molecule has 24 heavy (non-hydrogen) atoms. The van der Waals surface area contributed by atoms with Crippen molar-refractivity contribution in [2.75, 3.05) is 7.11 Å². The van der Waals surface area contributed by atoms with E-state index in [0.29, 0.717) is 5.92 Å². The normalized spacial score (nSPS) is 21.8. The Morgan fingerprint density at radius 2 is 1.92 bits per heavy atom. The summed E-state index contributed by atoms with van der Waals surface area (Å²) in [6, 6.07) is 16.7. The number of benzene rings is 2. The van der Waals surface area contributed by atoms with E-state index in [2.05, 4.69) is 49.2 Å². The number of hydrogen-bond donors (Lipinski definition) is 0. The van der Waals surface area contributed by atoms with Crippen molar-refractivity contribution < 1.29 is 9.47 Å². The summed E-state index contributed by atoms with van der Waals surface area (Å²) in [5.74, 6) is 1.99. The van der Waals surface area contributed by atoms with E-state index < -0.39 is 0 Å². The van der Waals surface area contributed by atoms with Crippen LogP contribution in [0.4, 0.5) is 0 Å². The molecule has 2 heterocycles. The number of rotatable bonds is 3. The van der Waals surface area contributed by atoms with Crippen molar-refractivity contribution in [3.63, 3.8) is 0 Å². The molecule has 2 atom stereocenters. The SMILES string of the molecule is COc1cccc2c1OC(C(C)C)N1N=C(c3ccccc3)CC21. The number of hydrogen-bond acceptors (Lipinski definition) is 4. The van der Waals surface area contributed by atoms with Crippen molar-refractivity contribution in [1.82, 2.24) is 5.01 Å². The summed E-state index contributed by atoms with van der Waals surface area (Å²) < 4.78 is 11.8. The van der Waals surface area contributed by atoms with Crippen LogP contribution in [0.5, 0.6) is 11.5 Å². The number of ether oxygens (including phenoxy) is 2. The van der Waals surface area contributed by atoms with Gasteiger partial charge in [-0.1, -0.05) is 56.3 Å². The molecule has 124 valence electrons. The molecular weight excluding hydrogens is 300 g/mol. The molecule has 4 rings (SSSR count). The molecule has 0 saturated carbocycles. The van der Waals surface area contributed by atoms with Gasteiger partial charge in [0.1, 0.15) is 0 Å². The van der Waals surface area contributed by atoms with E-state index in [4.69, 9.17) is 14.6 Å². The smallest absolute Gasteiger partial charge is 0.190 e. The van der Waals surface area contributed by atoms with Gasteiger partial charge >= 0.3 is 0 Å². The van der Waals surface area contributed by atoms with E-state index in [9.17, 15) is 0 Å². The Morgan fingerprint density at radius 1 is 1.12 bits per heavy atom. The van der Waals surface area contributed by atoms with E-state index in [0.717, 1.165) is 29.2 Å². The number of hydrazone groups is 1. The summed E-state index contributed by atoms with van der Waals surface area (Å²) >= 11 is 0. The van der Waals surface area contributed by atoms with Gasteiger partial charge in [0.2, 0.25) is 0 Å². The van der Waals surface area contributed by atoms with Crippen LogP contribution in [0, 0.1) is 5.92 Å². The van der Waals surface area contributed by atoms with Crippen LogP contribution < -0.4 is 9.47 Å². The van der Waals surface area contributed by atoms with Gasteiger partial charge in [0.15, 0.2) is 17.7 Å². The van der Waals surface area contributed by atoms with Crippen LogP contribution in [0.2, 0.25) is 0 Å². The maximum atomic E-state index is 6.31. The fourth-order valence-electron chi connectivity index (χ4n) is 3.52. The van der Waals surface area contributed by atoms with Crippen LogP contribution in [0.15, 0.2) is 53.6 Å². The first-order chi connectivity index (χ1) is 11.7. The van der Waals surface area contributed by atoms with Gasteiger partial charge < -0.3 is 9.47 Å². The van der Waals surface area contributed by atoms with Crippen LogP contribution in [0.1, 0.15) is 37.4 Å². The average molecular weight is 322 g/mol. The van der Waals surface area contributed by atoms with E-state index >= 15 is 0 Å². The molecule has 2 aliphatic heterocycles. The lowest BCUT2D eigenvalue weighted by Crippen LogP contribution is -2.43.